The first-order chi connectivity index (χ1) is 13.0. The third-order valence-corrected chi connectivity index (χ3v) is 5.74. The molecule has 0 aliphatic heterocycles. The molecule has 1 atom stereocenters. The number of H-pyrrole nitrogens is 1. The molecule has 1 aliphatic rings. The molecule has 1 unspecified atom stereocenters. The van der Waals surface area contributed by atoms with Crippen LogP contribution in [0.2, 0.25) is 0 Å². The minimum Gasteiger partial charge on any atom is -0.462 e. The summed E-state index contributed by atoms with van der Waals surface area (Å²) in [7, 11) is 2.19. The zero-order valence-electron chi connectivity index (χ0n) is 16.7. The number of hydrogen-bond acceptors (Lipinski definition) is 3. The Kier molecular flexibility index (Phi) is 6.32. The number of carbonyl (C=O) groups is 1. The summed E-state index contributed by atoms with van der Waals surface area (Å²) < 4.78 is 5.21. The molecule has 1 aromatic carbocycles. The number of pyridine rings is 1. The number of aromatic nitrogens is 1. The van der Waals surface area contributed by atoms with E-state index in [9.17, 15) is 9.59 Å². The second-order valence-corrected chi connectivity index (χ2v) is 7.81. The number of aromatic amines is 1. The van der Waals surface area contributed by atoms with E-state index in [1.807, 2.05) is 13.8 Å². The molecule has 1 heterocycles. The van der Waals surface area contributed by atoms with E-state index in [-0.39, 0.29) is 11.4 Å². The molecule has 5 heteroatoms. The molecule has 2 aromatic rings. The van der Waals surface area contributed by atoms with Gasteiger partial charge in [0, 0.05) is 16.6 Å². The van der Waals surface area contributed by atoms with Crippen molar-refractivity contribution in [2.75, 3.05) is 13.7 Å². The van der Waals surface area contributed by atoms with Crippen LogP contribution in [0.15, 0.2) is 23.0 Å². The molecular weight excluding hydrogens is 340 g/mol. The van der Waals surface area contributed by atoms with Crippen molar-refractivity contribution in [1.29, 1.82) is 0 Å². The molecule has 0 saturated heterocycles. The monoisotopic (exact) mass is 371 g/mol. The van der Waals surface area contributed by atoms with Gasteiger partial charge in [0.1, 0.15) is 6.54 Å². The van der Waals surface area contributed by atoms with Crippen LogP contribution in [0, 0.1) is 6.92 Å². The molecule has 0 spiro atoms. The fourth-order valence-electron chi connectivity index (χ4n) is 4.09. The van der Waals surface area contributed by atoms with Crippen molar-refractivity contribution in [2.45, 2.75) is 65.0 Å². The highest BCUT2D eigenvalue weighted by Gasteiger charge is 2.23. The van der Waals surface area contributed by atoms with E-state index in [0.29, 0.717) is 30.1 Å². The van der Waals surface area contributed by atoms with E-state index >= 15 is 0 Å². The first kappa shape index (κ1) is 19.6. The lowest BCUT2D eigenvalue weighted by molar-refractivity contribution is -0.921. The van der Waals surface area contributed by atoms with Gasteiger partial charge in [0.15, 0.2) is 5.43 Å². The smallest absolute Gasteiger partial charge is 0.338 e. The number of esters is 1. The van der Waals surface area contributed by atoms with Crippen LogP contribution in [0.3, 0.4) is 0 Å². The molecule has 0 radical (unpaired) electrons. The maximum absolute atomic E-state index is 13.2. The van der Waals surface area contributed by atoms with Crippen LogP contribution >= 0.6 is 0 Å². The number of aryl methyl sites for hydroxylation is 1. The van der Waals surface area contributed by atoms with E-state index in [1.165, 1.54) is 37.0 Å². The predicted octanol–water partition coefficient (Wildman–Crippen LogP) is 2.75. The Morgan fingerprint density at radius 3 is 2.70 bits per heavy atom. The Balaban J connectivity index is 1.91. The second kappa shape index (κ2) is 8.70. The molecule has 0 amide bonds. The Bertz CT molecular complexity index is 866. The molecule has 1 fully saturated rings. The number of rotatable bonds is 6. The summed E-state index contributed by atoms with van der Waals surface area (Å²) in [4.78, 5) is 30.1. The summed E-state index contributed by atoms with van der Waals surface area (Å²) in [6, 6.07) is 5.82. The fraction of sp³-hybridized carbons (Fsp3) is 0.545. The summed E-state index contributed by atoms with van der Waals surface area (Å²) >= 11 is 0. The standard InChI is InChI=1S/C22H30N2O3/c1-4-12-27-22(26)16-10-11-20-18(13-16)21(25)19(15(2)23-20)14-24(3)17-8-6-5-7-9-17/h10-11,13,17H,4-9,12,14H2,1-3H3,(H,23,25)/p+1. The molecule has 0 bridgehead atoms. The maximum atomic E-state index is 13.2. The van der Waals surface area contributed by atoms with Gasteiger partial charge in [0.25, 0.3) is 0 Å². The number of carbonyl (C=O) groups excluding carboxylic acids is 1. The van der Waals surface area contributed by atoms with Gasteiger partial charge in [-0.1, -0.05) is 13.3 Å². The van der Waals surface area contributed by atoms with Crippen molar-refractivity contribution < 1.29 is 14.4 Å². The second-order valence-electron chi connectivity index (χ2n) is 7.81. The molecule has 5 nitrogen and oxygen atoms in total. The van der Waals surface area contributed by atoms with E-state index in [4.69, 9.17) is 4.74 Å². The minimum atomic E-state index is -0.370. The number of ether oxygens (including phenoxy) is 1. The van der Waals surface area contributed by atoms with Crippen molar-refractivity contribution >= 4 is 16.9 Å². The van der Waals surface area contributed by atoms with Crippen molar-refractivity contribution in [3.8, 4) is 0 Å². The lowest BCUT2D eigenvalue weighted by Crippen LogP contribution is -3.12. The molecule has 1 saturated carbocycles. The van der Waals surface area contributed by atoms with Crippen molar-refractivity contribution in [3.05, 3.63) is 45.2 Å². The van der Waals surface area contributed by atoms with Crippen LogP contribution in [-0.4, -0.2) is 30.6 Å². The summed E-state index contributed by atoms with van der Waals surface area (Å²) in [5.74, 6) is -0.370. The van der Waals surface area contributed by atoms with E-state index in [1.54, 1.807) is 18.2 Å². The highest BCUT2D eigenvalue weighted by atomic mass is 16.5. The lowest BCUT2D eigenvalue weighted by Gasteiger charge is -2.28. The van der Waals surface area contributed by atoms with Crippen molar-refractivity contribution in [1.82, 2.24) is 4.98 Å². The number of hydrogen-bond donors (Lipinski definition) is 2. The van der Waals surface area contributed by atoms with Crippen LogP contribution in [-0.2, 0) is 11.3 Å². The van der Waals surface area contributed by atoms with Gasteiger partial charge in [-0.3, -0.25) is 4.79 Å². The molecule has 146 valence electrons. The third-order valence-electron chi connectivity index (χ3n) is 5.74. The zero-order valence-corrected chi connectivity index (χ0v) is 16.7. The zero-order chi connectivity index (χ0) is 19.4. The molecular formula is C22H31N2O3+. The van der Waals surface area contributed by atoms with Crippen LogP contribution in [0.4, 0.5) is 0 Å². The third kappa shape index (κ3) is 4.41. The Labute approximate surface area is 160 Å². The molecule has 2 N–H and O–H groups in total. The van der Waals surface area contributed by atoms with Gasteiger partial charge in [0.2, 0.25) is 0 Å². The van der Waals surface area contributed by atoms with Gasteiger partial charge in [0.05, 0.1) is 30.8 Å². The Morgan fingerprint density at radius 1 is 1.26 bits per heavy atom. The highest BCUT2D eigenvalue weighted by molar-refractivity contribution is 5.94. The van der Waals surface area contributed by atoms with Gasteiger partial charge < -0.3 is 14.6 Å². The quantitative estimate of drug-likeness (QED) is 0.768. The molecule has 1 aliphatic carbocycles. The number of fused-ring (bicyclic) bond motifs is 1. The number of nitrogens with one attached hydrogen (secondary N) is 2. The van der Waals surface area contributed by atoms with E-state index in [2.05, 4.69) is 12.0 Å². The number of quaternary nitrogens is 1. The topological polar surface area (TPSA) is 63.6 Å². The fourth-order valence-corrected chi connectivity index (χ4v) is 4.09. The molecule has 1 aromatic heterocycles. The van der Waals surface area contributed by atoms with Gasteiger partial charge in [-0.25, -0.2) is 4.79 Å². The summed E-state index contributed by atoms with van der Waals surface area (Å²) in [5.41, 5.74) is 2.98. The van der Waals surface area contributed by atoms with Crippen LogP contribution in [0.25, 0.3) is 10.9 Å². The van der Waals surface area contributed by atoms with Gasteiger partial charge >= 0.3 is 5.97 Å². The largest absolute Gasteiger partial charge is 0.462 e. The average molecular weight is 372 g/mol. The summed E-state index contributed by atoms with van der Waals surface area (Å²) in [5, 5.41) is 0.568. The van der Waals surface area contributed by atoms with Gasteiger partial charge in [-0.05, 0) is 57.2 Å². The summed E-state index contributed by atoms with van der Waals surface area (Å²) in [6.45, 7) is 5.03. The van der Waals surface area contributed by atoms with Gasteiger partial charge in [-0.2, -0.15) is 0 Å². The first-order valence-electron chi connectivity index (χ1n) is 10.2. The predicted molar refractivity (Wildman–Crippen MR) is 107 cm³/mol. The normalized spacial score (nSPS) is 16.4. The average Bonchev–Trinajstić information content (AvgIpc) is 2.69. The van der Waals surface area contributed by atoms with Crippen LogP contribution in [0.5, 0.6) is 0 Å². The van der Waals surface area contributed by atoms with E-state index < -0.39 is 0 Å². The van der Waals surface area contributed by atoms with Crippen LogP contribution < -0.4 is 10.3 Å². The lowest BCUT2D eigenvalue weighted by atomic mass is 9.94. The van der Waals surface area contributed by atoms with Crippen molar-refractivity contribution in [2.24, 2.45) is 0 Å². The Hall–Kier alpha value is -2.14. The van der Waals surface area contributed by atoms with Crippen molar-refractivity contribution in [3.63, 3.8) is 0 Å². The Morgan fingerprint density at radius 2 is 2.00 bits per heavy atom. The highest BCUT2D eigenvalue weighted by Crippen LogP contribution is 2.17. The minimum absolute atomic E-state index is 0.0292. The van der Waals surface area contributed by atoms with Crippen LogP contribution in [0.1, 0.15) is 67.1 Å². The molecule has 3 rings (SSSR count). The SMILES string of the molecule is CCCOC(=O)c1ccc2[nH]c(C)c(C[NH+](C)C3CCCCC3)c(=O)c2c1. The number of benzene rings is 1. The van der Waals surface area contributed by atoms with Gasteiger partial charge in [-0.15, -0.1) is 0 Å². The first-order valence-corrected chi connectivity index (χ1v) is 10.2. The summed E-state index contributed by atoms with van der Waals surface area (Å²) in [6.07, 6.45) is 7.17. The van der Waals surface area contributed by atoms with E-state index in [0.717, 1.165) is 23.2 Å². The maximum Gasteiger partial charge on any atom is 0.338 e. The molecule has 27 heavy (non-hydrogen) atoms.